The van der Waals surface area contributed by atoms with E-state index in [0.29, 0.717) is 36.6 Å². The van der Waals surface area contributed by atoms with E-state index in [4.69, 9.17) is 9.47 Å². The van der Waals surface area contributed by atoms with Crippen LogP contribution >= 0.6 is 22.7 Å². The van der Waals surface area contributed by atoms with Gasteiger partial charge in [0.1, 0.15) is 10.3 Å². The van der Waals surface area contributed by atoms with Crippen molar-refractivity contribution in [3.05, 3.63) is 57.4 Å². The van der Waals surface area contributed by atoms with Crippen molar-refractivity contribution in [1.82, 2.24) is 14.6 Å². The first-order valence-corrected chi connectivity index (χ1v) is 14.6. The van der Waals surface area contributed by atoms with Crippen LogP contribution in [-0.2, 0) is 27.8 Å². The zero-order valence-electron chi connectivity index (χ0n) is 19.7. The van der Waals surface area contributed by atoms with Crippen molar-refractivity contribution in [3.8, 4) is 11.5 Å². The van der Waals surface area contributed by atoms with Crippen LogP contribution in [0.2, 0.25) is 0 Å². The highest BCUT2D eigenvalue weighted by Crippen LogP contribution is 2.32. The Morgan fingerprint density at radius 3 is 2.77 bits per heavy atom. The number of thiophene rings is 1. The smallest absolute Gasteiger partial charge is 0.253 e. The van der Waals surface area contributed by atoms with Gasteiger partial charge in [-0.05, 0) is 55.3 Å². The molecule has 0 spiro atoms. The number of hydrogen-bond donors (Lipinski definition) is 1. The minimum atomic E-state index is -3.86. The molecule has 11 heteroatoms. The summed E-state index contributed by atoms with van der Waals surface area (Å²) in [5, 5.41) is 4.58. The Labute approximate surface area is 214 Å². The van der Waals surface area contributed by atoms with Gasteiger partial charge in [-0.1, -0.05) is 12.1 Å². The van der Waals surface area contributed by atoms with E-state index < -0.39 is 16.1 Å². The van der Waals surface area contributed by atoms with E-state index in [-0.39, 0.29) is 16.7 Å². The third kappa shape index (κ3) is 6.03. The number of sulfonamides is 1. The average Bonchev–Trinajstić information content (AvgIpc) is 3.49. The number of benzene rings is 1. The summed E-state index contributed by atoms with van der Waals surface area (Å²) in [5.74, 6) is 0.841. The van der Waals surface area contributed by atoms with E-state index >= 15 is 0 Å². The van der Waals surface area contributed by atoms with E-state index in [9.17, 15) is 13.2 Å². The lowest BCUT2D eigenvalue weighted by Gasteiger charge is -2.29. The third-order valence-corrected chi connectivity index (χ3v) is 10.1. The van der Waals surface area contributed by atoms with Crippen molar-refractivity contribution < 1.29 is 22.7 Å². The second kappa shape index (κ2) is 11.5. The first kappa shape index (κ1) is 25.6. The zero-order chi connectivity index (χ0) is 24.8. The van der Waals surface area contributed by atoms with Gasteiger partial charge in [-0.2, -0.15) is 4.31 Å². The summed E-state index contributed by atoms with van der Waals surface area (Å²) in [7, 11) is -2.31. The van der Waals surface area contributed by atoms with Gasteiger partial charge in [0, 0.05) is 24.4 Å². The van der Waals surface area contributed by atoms with Crippen LogP contribution in [0.15, 0.2) is 45.4 Å². The summed E-state index contributed by atoms with van der Waals surface area (Å²) in [6, 6.07) is 7.89. The number of carbonyl (C=O) groups is 1. The number of hydrogen-bond acceptors (Lipinski definition) is 8. The van der Waals surface area contributed by atoms with Crippen LogP contribution in [0.5, 0.6) is 11.5 Å². The van der Waals surface area contributed by atoms with Gasteiger partial charge < -0.3 is 14.8 Å². The number of nitrogens with zero attached hydrogens (tertiary/aromatic N) is 2. The number of ether oxygens (including phenoxy) is 2. The van der Waals surface area contributed by atoms with Crippen molar-refractivity contribution in [2.45, 2.75) is 49.4 Å². The molecule has 1 aliphatic heterocycles. The maximum absolute atomic E-state index is 13.6. The van der Waals surface area contributed by atoms with Gasteiger partial charge in [-0.25, -0.2) is 13.4 Å². The van der Waals surface area contributed by atoms with Gasteiger partial charge in [-0.3, -0.25) is 4.79 Å². The van der Waals surface area contributed by atoms with Crippen molar-refractivity contribution in [3.63, 3.8) is 0 Å². The molecule has 0 unspecified atom stereocenters. The maximum atomic E-state index is 13.6. The fourth-order valence-corrected chi connectivity index (χ4v) is 7.50. The summed E-state index contributed by atoms with van der Waals surface area (Å²) in [5.41, 5.74) is 3.55. The molecular formula is C24H29N3O5S3. The Morgan fingerprint density at radius 2 is 2.06 bits per heavy atom. The van der Waals surface area contributed by atoms with E-state index in [1.54, 1.807) is 48.1 Å². The Kier molecular flexibility index (Phi) is 8.42. The SMILES string of the molecule is COc1cc(CN([C@H]2CCCCNC2=O)S(=O)(=O)c2cccs2)ccc1OCCc1scnc1C. The number of aromatic nitrogens is 1. The summed E-state index contributed by atoms with van der Waals surface area (Å²) < 4.78 is 40.1. The van der Waals surface area contributed by atoms with Crippen molar-refractivity contribution in [2.75, 3.05) is 20.3 Å². The van der Waals surface area contributed by atoms with Crippen molar-refractivity contribution in [2.24, 2.45) is 0 Å². The predicted molar refractivity (Wildman–Crippen MR) is 137 cm³/mol. The average molecular weight is 536 g/mol. The number of amides is 1. The van der Waals surface area contributed by atoms with Crippen LogP contribution in [0.25, 0.3) is 0 Å². The molecule has 4 rings (SSSR count). The molecule has 2 aromatic heterocycles. The Bertz CT molecular complexity index is 1240. The summed E-state index contributed by atoms with van der Waals surface area (Å²) >= 11 is 2.75. The summed E-state index contributed by atoms with van der Waals surface area (Å²) in [4.78, 5) is 18.3. The molecule has 35 heavy (non-hydrogen) atoms. The van der Waals surface area contributed by atoms with Gasteiger partial charge >= 0.3 is 0 Å². The fourth-order valence-electron chi connectivity index (χ4n) is 4.02. The van der Waals surface area contributed by atoms with Crippen molar-refractivity contribution in [1.29, 1.82) is 0 Å². The maximum Gasteiger partial charge on any atom is 0.253 e. The molecule has 1 atom stereocenters. The van der Waals surface area contributed by atoms with Crippen LogP contribution in [0.4, 0.5) is 0 Å². The molecule has 1 amide bonds. The number of thiazole rings is 1. The molecule has 0 bridgehead atoms. The first-order chi connectivity index (χ1) is 16.9. The Morgan fingerprint density at radius 1 is 1.20 bits per heavy atom. The Hall–Kier alpha value is -2.47. The minimum Gasteiger partial charge on any atom is -0.493 e. The highest BCUT2D eigenvalue weighted by molar-refractivity contribution is 7.91. The number of rotatable bonds is 10. The molecule has 1 aliphatic rings. The molecule has 188 valence electrons. The van der Waals surface area contributed by atoms with E-state index in [1.807, 2.05) is 18.5 Å². The molecular weight excluding hydrogens is 506 g/mol. The van der Waals surface area contributed by atoms with Gasteiger partial charge in [0.05, 0.1) is 24.9 Å². The second-order valence-electron chi connectivity index (χ2n) is 8.23. The Balaban J connectivity index is 1.56. The highest BCUT2D eigenvalue weighted by Gasteiger charge is 2.37. The van der Waals surface area contributed by atoms with Crippen LogP contribution in [0, 0.1) is 6.92 Å². The molecule has 0 radical (unpaired) electrons. The topological polar surface area (TPSA) is 97.8 Å². The minimum absolute atomic E-state index is 0.0506. The second-order valence-corrected chi connectivity index (χ2v) is 12.2. The molecule has 1 saturated heterocycles. The standard InChI is InChI=1S/C24H29N3O5S3/c1-17-22(34-16-26-17)10-12-32-20-9-8-18(14-21(20)31-2)15-27(19-6-3-4-11-25-24(19)28)35(29,30)23-7-5-13-33-23/h5,7-9,13-14,16,19H,3-4,6,10-12,15H2,1-2H3,(H,25,28)/t19-/m0/s1. The van der Waals surface area contributed by atoms with E-state index in [2.05, 4.69) is 10.3 Å². The van der Waals surface area contributed by atoms with E-state index in [0.717, 1.165) is 36.3 Å². The number of aryl methyl sites for hydroxylation is 1. The van der Waals surface area contributed by atoms with Crippen LogP contribution < -0.4 is 14.8 Å². The predicted octanol–water partition coefficient (Wildman–Crippen LogP) is 4.00. The molecule has 1 N–H and O–H groups in total. The highest BCUT2D eigenvalue weighted by atomic mass is 32.2. The van der Waals surface area contributed by atoms with Crippen LogP contribution in [0.3, 0.4) is 0 Å². The van der Waals surface area contributed by atoms with E-state index in [1.165, 1.54) is 9.18 Å². The molecule has 3 heterocycles. The van der Waals surface area contributed by atoms with Gasteiger partial charge in [0.15, 0.2) is 11.5 Å². The monoisotopic (exact) mass is 535 g/mol. The molecule has 8 nitrogen and oxygen atoms in total. The van der Waals surface area contributed by atoms with Crippen molar-refractivity contribution >= 4 is 38.6 Å². The van der Waals surface area contributed by atoms with Crippen LogP contribution in [0.1, 0.15) is 35.4 Å². The molecule has 3 aromatic rings. The summed E-state index contributed by atoms with van der Waals surface area (Å²) in [6.45, 7) is 3.06. The normalized spacial score (nSPS) is 16.7. The third-order valence-electron chi connectivity index (χ3n) is 5.91. The molecule has 1 fully saturated rings. The van der Waals surface area contributed by atoms with Gasteiger partial charge in [-0.15, -0.1) is 22.7 Å². The molecule has 1 aromatic carbocycles. The largest absolute Gasteiger partial charge is 0.493 e. The lowest BCUT2D eigenvalue weighted by molar-refractivity contribution is -0.124. The lowest BCUT2D eigenvalue weighted by atomic mass is 10.1. The van der Waals surface area contributed by atoms with Gasteiger partial charge in [0.2, 0.25) is 5.91 Å². The summed E-state index contributed by atoms with van der Waals surface area (Å²) in [6.07, 6.45) is 2.82. The number of nitrogens with one attached hydrogen (secondary N) is 1. The number of carbonyl (C=O) groups excluding carboxylic acids is 1. The number of methoxy groups -OCH3 is 1. The molecule has 0 aliphatic carbocycles. The van der Waals surface area contributed by atoms with Crippen LogP contribution in [-0.4, -0.2) is 49.9 Å². The first-order valence-electron chi connectivity index (χ1n) is 11.4. The quantitative estimate of drug-likeness (QED) is 0.421. The molecule has 0 saturated carbocycles. The zero-order valence-corrected chi connectivity index (χ0v) is 22.2. The lowest BCUT2D eigenvalue weighted by Crippen LogP contribution is -2.48. The van der Waals surface area contributed by atoms with Gasteiger partial charge in [0.25, 0.3) is 10.0 Å². The fraction of sp³-hybridized carbons (Fsp3) is 0.417.